The summed E-state index contributed by atoms with van der Waals surface area (Å²) < 4.78 is 0. The molecule has 1 aliphatic heterocycles. The number of aryl methyl sites for hydroxylation is 3. The lowest BCUT2D eigenvalue weighted by atomic mass is 10.0. The van der Waals surface area contributed by atoms with E-state index in [1.54, 1.807) is 0 Å². The van der Waals surface area contributed by atoms with Crippen LogP contribution >= 0.6 is 0 Å². The van der Waals surface area contributed by atoms with Gasteiger partial charge in [-0.05, 0) is 61.6 Å². The molecule has 2 heterocycles. The fourth-order valence-corrected chi connectivity index (χ4v) is 3.62. The van der Waals surface area contributed by atoms with Gasteiger partial charge in [0.2, 0.25) is 5.95 Å². The minimum Gasteiger partial charge on any atom is -0.340 e. The molecule has 1 N–H and O–H groups in total. The SMILES string of the molecule is Cc1cc(C)cc(Nc2cc(C)nc(N3CCc4ccccc4C3)n2)c1. The van der Waals surface area contributed by atoms with E-state index >= 15 is 0 Å². The van der Waals surface area contributed by atoms with Crippen LogP contribution in [0.4, 0.5) is 17.5 Å². The van der Waals surface area contributed by atoms with Crippen molar-refractivity contribution < 1.29 is 0 Å². The second kappa shape index (κ2) is 6.79. The van der Waals surface area contributed by atoms with Crippen molar-refractivity contribution in [3.05, 3.63) is 76.5 Å². The van der Waals surface area contributed by atoms with E-state index in [-0.39, 0.29) is 0 Å². The van der Waals surface area contributed by atoms with Gasteiger partial charge in [-0.25, -0.2) is 4.98 Å². The molecule has 4 rings (SSSR count). The third kappa shape index (κ3) is 3.54. The Hall–Kier alpha value is -2.88. The highest BCUT2D eigenvalue weighted by Gasteiger charge is 2.18. The van der Waals surface area contributed by atoms with Crippen LogP contribution in [0.15, 0.2) is 48.5 Å². The van der Waals surface area contributed by atoms with E-state index in [2.05, 4.69) is 71.5 Å². The average molecular weight is 344 g/mol. The number of nitrogens with zero attached hydrogens (tertiary/aromatic N) is 3. The molecular weight excluding hydrogens is 320 g/mol. The van der Waals surface area contributed by atoms with E-state index in [0.717, 1.165) is 42.7 Å². The Morgan fingerprint density at radius 3 is 2.38 bits per heavy atom. The standard InChI is InChI=1S/C22H24N4/c1-15-10-16(2)12-20(11-15)24-21-13-17(3)23-22(25-21)26-9-8-18-6-4-5-7-19(18)14-26/h4-7,10-13H,8-9,14H2,1-3H3,(H,23,24,25). The fourth-order valence-electron chi connectivity index (χ4n) is 3.62. The summed E-state index contributed by atoms with van der Waals surface area (Å²) in [6.07, 6.45) is 1.04. The summed E-state index contributed by atoms with van der Waals surface area (Å²) in [6.45, 7) is 8.06. The molecule has 4 heteroatoms. The molecule has 0 radical (unpaired) electrons. The van der Waals surface area contributed by atoms with Crippen LogP contribution in [0.1, 0.15) is 27.9 Å². The van der Waals surface area contributed by atoms with Gasteiger partial charge < -0.3 is 10.2 Å². The Kier molecular flexibility index (Phi) is 4.33. The van der Waals surface area contributed by atoms with Crippen molar-refractivity contribution in [1.82, 2.24) is 9.97 Å². The maximum absolute atomic E-state index is 4.79. The van der Waals surface area contributed by atoms with Gasteiger partial charge in [-0.2, -0.15) is 4.98 Å². The van der Waals surface area contributed by atoms with Gasteiger partial charge in [0.05, 0.1) is 0 Å². The van der Waals surface area contributed by atoms with Crippen molar-refractivity contribution >= 4 is 17.5 Å². The zero-order chi connectivity index (χ0) is 18.1. The zero-order valence-electron chi connectivity index (χ0n) is 15.6. The van der Waals surface area contributed by atoms with Crippen molar-refractivity contribution in [2.45, 2.75) is 33.7 Å². The van der Waals surface area contributed by atoms with Crippen LogP contribution < -0.4 is 10.2 Å². The number of rotatable bonds is 3. The number of aromatic nitrogens is 2. The number of hydrogen-bond donors (Lipinski definition) is 1. The molecule has 26 heavy (non-hydrogen) atoms. The second-order valence-electron chi connectivity index (χ2n) is 7.14. The van der Waals surface area contributed by atoms with Gasteiger partial charge in [0.1, 0.15) is 5.82 Å². The van der Waals surface area contributed by atoms with Gasteiger partial charge in [-0.3, -0.25) is 0 Å². The minimum atomic E-state index is 0.798. The number of fused-ring (bicyclic) bond motifs is 1. The zero-order valence-corrected chi connectivity index (χ0v) is 15.6. The van der Waals surface area contributed by atoms with Gasteiger partial charge in [0.15, 0.2) is 0 Å². The molecule has 0 saturated carbocycles. The van der Waals surface area contributed by atoms with Crippen LogP contribution in [0, 0.1) is 20.8 Å². The molecule has 0 saturated heterocycles. The van der Waals surface area contributed by atoms with Gasteiger partial charge in [-0.1, -0.05) is 30.3 Å². The maximum Gasteiger partial charge on any atom is 0.227 e. The number of nitrogens with one attached hydrogen (secondary N) is 1. The lowest BCUT2D eigenvalue weighted by molar-refractivity contribution is 0.706. The van der Waals surface area contributed by atoms with Crippen molar-refractivity contribution in [2.24, 2.45) is 0 Å². The monoisotopic (exact) mass is 344 g/mol. The highest BCUT2D eigenvalue weighted by molar-refractivity contribution is 5.60. The Labute approximate surface area is 154 Å². The summed E-state index contributed by atoms with van der Waals surface area (Å²) >= 11 is 0. The summed E-state index contributed by atoms with van der Waals surface area (Å²) in [7, 11) is 0. The van der Waals surface area contributed by atoms with E-state index < -0.39 is 0 Å². The molecule has 0 unspecified atom stereocenters. The molecule has 0 spiro atoms. The second-order valence-corrected chi connectivity index (χ2v) is 7.14. The predicted octanol–water partition coefficient (Wildman–Crippen LogP) is 4.71. The largest absolute Gasteiger partial charge is 0.340 e. The van der Waals surface area contributed by atoms with Crippen LogP contribution in [0.3, 0.4) is 0 Å². The minimum absolute atomic E-state index is 0.798. The van der Waals surface area contributed by atoms with Crippen molar-refractivity contribution in [2.75, 3.05) is 16.8 Å². The first-order valence-corrected chi connectivity index (χ1v) is 9.09. The molecule has 2 aromatic carbocycles. The number of hydrogen-bond acceptors (Lipinski definition) is 4. The maximum atomic E-state index is 4.79. The first-order valence-electron chi connectivity index (χ1n) is 9.09. The average Bonchev–Trinajstić information content (AvgIpc) is 2.60. The van der Waals surface area contributed by atoms with E-state index in [1.807, 2.05) is 13.0 Å². The topological polar surface area (TPSA) is 41.1 Å². The summed E-state index contributed by atoms with van der Waals surface area (Å²) in [5.41, 5.74) is 7.33. The molecule has 0 amide bonds. The van der Waals surface area contributed by atoms with Crippen molar-refractivity contribution in [3.8, 4) is 0 Å². The summed E-state index contributed by atoms with van der Waals surface area (Å²) in [5, 5.41) is 3.45. The lowest BCUT2D eigenvalue weighted by Gasteiger charge is -2.29. The first kappa shape index (κ1) is 16.6. The molecule has 3 aromatic rings. The smallest absolute Gasteiger partial charge is 0.227 e. The lowest BCUT2D eigenvalue weighted by Crippen LogP contribution is -2.32. The van der Waals surface area contributed by atoms with E-state index in [0.29, 0.717) is 0 Å². The van der Waals surface area contributed by atoms with Crippen LogP contribution in [0.5, 0.6) is 0 Å². The molecule has 0 aliphatic carbocycles. The number of anilines is 3. The van der Waals surface area contributed by atoms with Gasteiger partial charge >= 0.3 is 0 Å². The first-order chi connectivity index (χ1) is 12.6. The number of benzene rings is 2. The van der Waals surface area contributed by atoms with Crippen LogP contribution in [0.2, 0.25) is 0 Å². The molecule has 132 valence electrons. The van der Waals surface area contributed by atoms with Crippen molar-refractivity contribution in [1.29, 1.82) is 0 Å². The third-order valence-corrected chi connectivity index (χ3v) is 4.75. The molecule has 0 bridgehead atoms. The summed E-state index contributed by atoms with van der Waals surface area (Å²) in [6, 6.07) is 17.1. The van der Waals surface area contributed by atoms with E-state index in [9.17, 15) is 0 Å². The highest BCUT2D eigenvalue weighted by Crippen LogP contribution is 2.25. The third-order valence-electron chi connectivity index (χ3n) is 4.75. The normalized spacial score (nSPS) is 13.4. The van der Waals surface area contributed by atoms with Crippen LogP contribution in [0.25, 0.3) is 0 Å². The molecule has 1 aliphatic rings. The Bertz CT molecular complexity index is 928. The van der Waals surface area contributed by atoms with E-state index in [1.165, 1.54) is 22.3 Å². The van der Waals surface area contributed by atoms with Crippen LogP contribution in [-0.2, 0) is 13.0 Å². The van der Waals surface area contributed by atoms with Gasteiger partial charge in [-0.15, -0.1) is 0 Å². The Morgan fingerprint density at radius 1 is 0.885 bits per heavy atom. The Balaban J connectivity index is 1.61. The highest BCUT2D eigenvalue weighted by atomic mass is 15.3. The molecular formula is C22H24N4. The Morgan fingerprint density at radius 2 is 1.62 bits per heavy atom. The van der Waals surface area contributed by atoms with E-state index in [4.69, 9.17) is 4.98 Å². The van der Waals surface area contributed by atoms with Gasteiger partial charge in [0, 0.05) is 30.5 Å². The fraction of sp³-hybridized carbons (Fsp3) is 0.273. The summed E-state index contributed by atoms with van der Waals surface area (Å²) in [4.78, 5) is 11.7. The van der Waals surface area contributed by atoms with Crippen molar-refractivity contribution in [3.63, 3.8) is 0 Å². The molecule has 1 aromatic heterocycles. The van der Waals surface area contributed by atoms with Crippen LogP contribution in [-0.4, -0.2) is 16.5 Å². The predicted molar refractivity (Wildman–Crippen MR) is 107 cm³/mol. The summed E-state index contributed by atoms with van der Waals surface area (Å²) in [5.74, 6) is 1.64. The molecule has 4 nitrogen and oxygen atoms in total. The molecule has 0 atom stereocenters. The van der Waals surface area contributed by atoms with Gasteiger partial charge in [0.25, 0.3) is 0 Å². The molecule has 0 fully saturated rings. The quantitative estimate of drug-likeness (QED) is 0.747.